The fourth-order valence-corrected chi connectivity index (χ4v) is 3.11. The van der Waals surface area contributed by atoms with E-state index in [0.29, 0.717) is 6.54 Å². The molecule has 0 radical (unpaired) electrons. The Hall–Kier alpha value is -0.130. The summed E-state index contributed by atoms with van der Waals surface area (Å²) in [5.41, 5.74) is 0.0201. The number of hydrogen-bond acceptors (Lipinski definition) is 4. The first kappa shape index (κ1) is 13.9. The Bertz CT molecular complexity index is 307. The van der Waals surface area contributed by atoms with Crippen molar-refractivity contribution < 1.29 is 13.5 Å². The number of hydrogen-bond donors (Lipinski definition) is 1. The Kier molecular flexibility index (Phi) is 4.76. The highest BCUT2D eigenvalue weighted by Crippen LogP contribution is 2.37. The van der Waals surface area contributed by atoms with E-state index in [4.69, 9.17) is 0 Å². The van der Waals surface area contributed by atoms with Crippen LogP contribution in [0.1, 0.15) is 25.7 Å². The van der Waals surface area contributed by atoms with Crippen molar-refractivity contribution in [2.45, 2.75) is 25.7 Å². The van der Waals surface area contributed by atoms with Crippen LogP contribution >= 0.6 is 0 Å². The minimum absolute atomic E-state index is 0.0201. The Morgan fingerprint density at radius 2 is 1.88 bits per heavy atom. The molecule has 0 spiro atoms. The average Bonchev–Trinajstić information content (AvgIpc) is 2.63. The van der Waals surface area contributed by atoms with Gasteiger partial charge in [-0.25, -0.2) is 8.42 Å². The minimum atomic E-state index is -2.88. The zero-order chi connectivity index (χ0) is 12.2. The molecule has 0 aromatic rings. The number of nitrogens with zero attached hydrogens (tertiary/aromatic N) is 1. The maximum absolute atomic E-state index is 11.0. The molecule has 1 aliphatic carbocycles. The smallest absolute Gasteiger partial charge is 0.148 e. The van der Waals surface area contributed by atoms with Gasteiger partial charge in [-0.2, -0.15) is 0 Å². The summed E-state index contributed by atoms with van der Waals surface area (Å²) in [6.45, 7) is 1.58. The fourth-order valence-electron chi connectivity index (χ4n) is 2.46. The van der Waals surface area contributed by atoms with Gasteiger partial charge >= 0.3 is 0 Å². The molecular weight excluding hydrogens is 226 g/mol. The highest BCUT2D eigenvalue weighted by molar-refractivity contribution is 7.90. The van der Waals surface area contributed by atoms with E-state index in [-0.39, 0.29) is 17.8 Å². The van der Waals surface area contributed by atoms with Crippen molar-refractivity contribution >= 4 is 9.84 Å². The second-order valence-corrected chi connectivity index (χ2v) is 7.49. The van der Waals surface area contributed by atoms with Crippen LogP contribution in [0.4, 0.5) is 0 Å². The van der Waals surface area contributed by atoms with Gasteiger partial charge in [0.15, 0.2) is 0 Å². The lowest BCUT2D eigenvalue weighted by Crippen LogP contribution is -2.38. The monoisotopic (exact) mass is 249 g/mol. The van der Waals surface area contributed by atoms with E-state index in [1.54, 1.807) is 0 Å². The molecule has 0 aromatic heterocycles. The molecule has 0 amide bonds. The molecule has 1 fully saturated rings. The third-order valence-electron chi connectivity index (χ3n) is 3.45. The van der Waals surface area contributed by atoms with Gasteiger partial charge in [0.25, 0.3) is 0 Å². The van der Waals surface area contributed by atoms with Gasteiger partial charge in [0, 0.05) is 31.4 Å². The molecule has 0 saturated heterocycles. The summed E-state index contributed by atoms with van der Waals surface area (Å²) in [7, 11) is -0.952. The Balaban J connectivity index is 2.40. The molecule has 1 rings (SSSR count). The van der Waals surface area contributed by atoms with Crippen LogP contribution in [0.15, 0.2) is 0 Å². The third kappa shape index (κ3) is 4.39. The van der Waals surface area contributed by atoms with Gasteiger partial charge in [0.05, 0.1) is 5.75 Å². The first-order valence-electron chi connectivity index (χ1n) is 5.84. The van der Waals surface area contributed by atoms with Gasteiger partial charge in [-0.05, 0) is 19.9 Å². The maximum Gasteiger partial charge on any atom is 0.148 e. The summed E-state index contributed by atoms with van der Waals surface area (Å²) in [5, 5.41) is 9.45. The zero-order valence-electron chi connectivity index (χ0n) is 10.3. The van der Waals surface area contributed by atoms with Crippen molar-refractivity contribution in [2.75, 3.05) is 38.8 Å². The minimum Gasteiger partial charge on any atom is -0.396 e. The summed E-state index contributed by atoms with van der Waals surface area (Å²) < 4.78 is 22.1. The highest BCUT2D eigenvalue weighted by atomic mass is 32.2. The number of sulfone groups is 1. The van der Waals surface area contributed by atoms with E-state index in [9.17, 15) is 13.5 Å². The van der Waals surface area contributed by atoms with Crippen LogP contribution in [0.5, 0.6) is 0 Å². The first-order valence-corrected chi connectivity index (χ1v) is 7.90. The number of aliphatic hydroxyl groups is 1. The van der Waals surface area contributed by atoms with Crippen LogP contribution in [0.3, 0.4) is 0 Å². The van der Waals surface area contributed by atoms with E-state index in [2.05, 4.69) is 0 Å². The van der Waals surface area contributed by atoms with Crippen molar-refractivity contribution in [3.05, 3.63) is 0 Å². The number of rotatable bonds is 6. The normalized spacial score (nSPS) is 20.5. The van der Waals surface area contributed by atoms with Crippen LogP contribution in [-0.2, 0) is 9.84 Å². The molecule has 0 aliphatic heterocycles. The Morgan fingerprint density at radius 1 is 1.31 bits per heavy atom. The molecule has 4 nitrogen and oxygen atoms in total. The SMILES string of the molecule is CN(CCS(C)(=O)=O)CC1(CO)CCCC1. The lowest BCUT2D eigenvalue weighted by atomic mass is 9.87. The summed E-state index contributed by atoms with van der Waals surface area (Å²) in [6.07, 6.45) is 5.75. The second-order valence-electron chi connectivity index (χ2n) is 5.23. The lowest BCUT2D eigenvalue weighted by Gasteiger charge is -2.31. The van der Waals surface area contributed by atoms with Gasteiger partial charge < -0.3 is 10.0 Å². The Labute approximate surface area is 98.6 Å². The summed E-state index contributed by atoms with van der Waals surface area (Å²) in [6, 6.07) is 0. The van der Waals surface area contributed by atoms with E-state index in [0.717, 1.165) is 19.4 Å². The van der Waals surface area contributed by atoms with Gasteiger partial charge in [-0.3, -0.25) is 0 Å². The predicted molar refractivity (Wildman–Crippen MR) is 65.2 cm³/mol. The average molecular weight is 249 g/mol. The second kappa shape index (κ2) is 5.47. The van der Waals surface area contributed by atoms with Gasteiger partial charge in [-0.15, -0.1) is 0 Å². The Morgan fingerprint density at radius 3 is 2.31 bits per heavy atom. The third-order valence-corrected chi connectivity index (χ3v) is 4.37. The van der Waals surface area contributed by atoms with Crippen molar-refractivity contribution in [1.29, 1.82) is 0 Å². The summed E-state index contributed by atoms with van der Waals surface area (Å²) >= 11 is 0. The van der Waals surface area contributed by atoms with E-state index in [1.165, 1.54) is 19.1 Å². The van der Waals surface area contributed by atoms with Crippen LogP contribution in [0.2, 0.25) is 0 Å². The van der Waals surface area contributed by atoms with Crippen LogP contribution in [-0.4, -0.2) is 57.2 Å². The molecule has 16 heavy (non-hydrogen) atoms. The fraction of sp³-hybridized carbons (Fsp3) is 1.00. The predicted octanol–water partition coefficient (Wildman–Crippen LogP) is 0.515. The molecule has 1 saturated carbocycles. The topological polar surface area (TPSA) is 57.6 Å². The first-order chi connectivity index (χ1) is 7.37. The van der Waals surface area contributed by atoms with Gasteiger partial charge in [-0.1, -0.05) is 12.8 Å². The van der Waals surface area contributed by atoms with E-state index < -0.39 is 9.84 Å². The molecule has 1 N–H and O–H groups in total. The number of aliphatic hydroxyl groups excluding tert-OH is 1. The van der Waals surface area contributed by atoms with Crippen LogP contribution < -0.4 is 0 Å². The largest absolute Gasteiger partial charge is 0.396 e. The molecule has 5 heteroatoms. The highest BCUT2D eigenvalue weighted by Gasteiger charge is 2.34. The van der Waals surface area contributed by atoms with Crippen molar-refractivity contribution in [2.24, 2.45) is 5.41 Å². The maximum atomic E-state index is 11.0. The molecule has 0 heterocycles. The quantitative estimate of drug-likeness (QED) is 0.745. The van der Waals surface area contributed by atoms with E-state index in [1.807, 2.05) is 11.9 Å². The van der Waals surface area contributed by atoms with Crippen molar-refractivity contribution in [3.63, 3.8) is 0 Å². The molecular formula is C11H23NO3S. The van der Waals surface area contributed by atoms with Gasteiger partial charge in [0.2, 0.25) is 0 Å². The zero-order valence-corrected chi connectivity index (χ0v) is 11.1. The standard InChI is InChI=1S/C11H23NO3S/c1-12(7-8-16(2,14)15)9-11(10-13)5-3-4-6-11/h13H,3-10H2,1-2H3. The molecule has 0 unspecified atom stereocenters. The van der Waals surface area contributed by atoms with Crippen LogP contribution in [0, 0.1) is 5.41 Å². The van der Waals surface area contributed by atoms with Crippen molar-refractivity contribution in [3.8, 4) is 0 Å². The van der Waals surface area contributed by atoms with Crippen molar-refractivity contribution in [1.82, 2.24) is 4.90 Å². The molecule has 0 bridgehead atoms. The summed E-state index contributed by atoms with van der Waals surface area (Å²) in [4.78, 5) is 2.03. The molecule has 0 atom stereocenters. The molecule has 1 aliphatic rings. The summed E-state index contributed by atoms with van der Waals surface area (Å²) in [5.74, 6) is 0.199. The molecule has 0 aromatic carbocycles. The lowest BCUT2D eigenvalue weighted by molar-refractivity contribution is 0.0912. The van der Waals surface area contributed by atoms with Gasteiger partial charge in [0.1, 0.15) is 9.84 Å². The van der Waals surface area contributed by atoms with Crippen LogP contribution in [0.25, 0.3) is 0 Å². The van der Waals surface area contributed by atoms with E-state index >= 15 is 0 Å². The molecule has 96 valence electrons.